The van der Waals surface area contributed by atoms with Crippen molar-refractivity contribution in [3.05, 3.63) is 11.4 Å². The molecule has 0 amide bonds. The second-order valence-electron chi connectivity index (χ2n) is 6.17. The van der Waals surface area contributed by atoms with Crippen LogP contribution in [-0.4, -0.2) is 45.5 Å². The molecular formula is C13H22N4O2. The first-order valence-electron chi connectivity index (χ1n) is 6.46. The molecule has 1 aromatic rings. The zero-order valence-corrected chi connectivity index (χ0v) is 11.9. The molecule has 0 aliphatic carbocycles. The number of β-amino-alcohol motifs (C(OH)–C–C–N with tert-alkyl or cyclic N) is 2. The Labute approximate surface area is 113 Å². The first kappa shape index (κ1) is 14.0. The fourth-order valence-electron chi connectivity index (χ4n) is 2.11. The predicted octanol–water partition coefficient (Wildman–Crippen LogP) is 0.207. The number of rotatable bonds is 1. The highest BCUT2D eigenvalue weighted by molar-refractivity contribution is 5.57. The number of nitrogens with two attached hydrogens (primary N) is 1. The van der Waals surface area contributed by atoms with Crippen LogP contribution in [0.1, 0.15) is 32.2 Å². The van der Waals surface area contributed by atoms with Crippen molar-refractivity contribution in [1.29, 1.82) is 0 Å². The minimum absolute atomic E-state index is 0.201. The number of hydrogen-bond donors (Lipinski definition) is 3. The van der Waals surface area contributed by atoms with Gasteiger partial charge >= 0.3 is 0 Å². The minimum atomic E-state index is -0.742. The molecule has 2 rings (SSSR count). The molecule has 0 aromatic carbocycles. The maximum absolute atomic E-state index is 9.65. The van der Waals surface area contributed by atoms with E-state index in [1.54, 1.807) is 0 Å². The first-order valence-corrected chi connectivity index (χ1v) is 6.46. The van der Waals surface area contributed by atoms with Gasteiger partial charge < -0.3 is 20.8 Å². The number of nitrogens with zero attached hydrogens (tertiary/aromatic N) is 3. The molecule has 106 valence electrons. The molecule has 19 heavy (non-hydrogen) atoms. The Morgan fingerprint density at radius 2 is 1.68 bits per heavy atom. The van der Waals surface area contributed by atoms with E-state index in [1.165, 1.54) is 0 Å². The summed E-state index contributed by atoms with van der Waals surface area (Å²) in [4.78, 5) is 10.8. The normalized spacial score (nSPS) is 24.0. The molecule has 0 bridgehead atoms. The lowest BCUT2D eigenvalue weighted by Crippen LogP contribution is -2.26. The van der Waals surface area contributed by atoms with Gasteiger partial charge in [-0.15, -0.1) is 0 Å². The van der Waals surface area contributed by atoms with Crippen LogP contribution >= 0.6 is 0 Å². The standard InChI is InChI=1S/C13H22N4O2/c1-7-10(14)15-12(13(2,3)4)16-11(7)17-5-8(18)9(19)6-17/h8-9,18-19H,5-6H2,1-4H3,(H2,14,15,16). The molecule has 1 fully saturated rings. The Morgan fingerprint density at radius 3 is 2.16 bits per heavy atom. The van der Waals surface area contributed by atoms with Crippen molar-refractivity contribution in [2.24, 2.45) is 0 Å². The fourth-order valence-corrected chi connectivity index (χ4v) is 2.11. The zero-order chi connectivity index (χ0) is 14.4. The SMILES string of the molecule is Cc1c(N)nc(C(C)(C)C)nc1N1CC(O)C(O)C1. The average molecular weight is 266 g/mol. The summed E-state index contributed by atoms with van der Waals surface area (Å²) in [5, 5.41) is 19.3. The molecule has 2 atom stereocenters. The molecule has 1 aliphatic heterocycles. The van der Waals surface area contributed by atoms with Crippen LogP contribution in [0.2, 0.25) is 0 Å². The van der Waals surface area contributed by atoms with Gasteiger partial charge in [-0.2, -0.15) is 0 Å². The lowest BCUT2D eigenvalue weighted by molar-refractivity contribution is 0.0572. The van der Waals surface area contributed by atoms with E-state index in [0.717, 1.165) is 5.56 Å². The van der Waals surface area contributed by atoms with Crippen molar-refractivity contribution in [3.8, 4) is 0 Å². The first-order chi connectivity index (χ1) is 8.70. The highest BCUT2D eigenvalue weighted by atomic mass is 16.3. The lowest BCUT2D eigenvalue weighted by atomic mass is 9.95. The summed E-state index contributed by atoms with van der Waals surface area (Å²) in [7, 11) is 0. The summed E-state index contributed by atoms with van der Waals surface area (Å²) in [6.45, 7) is 8.65. The van der Waals surface area contributed by atoms with Crippen LogP contribution in [-0.2, 0) is 5.41 Å². The molecule has 2 heterocycles. The number of aliphatic hydroxyl groups excluding tert-OH is 2. The molecule has 2 unspecified atom stereocenters. The van der Waals surface area contributed by atoms with Crippen molar-refractivity contribution < 1.29 is 10.2 Å². The van der Waals surface area contributed by atoms with E-state index in [2.05, 4.69) is 9.97 Å². The highest BCUT2D eigenvalue weighted by Gasteiger charge is 2.32. The van der Waals surface area contributed by atoms with E-state index in [1.807, 2.05) is 32.6 Å². The van der Waals surface area contributed by atoms with Gasteiger partial charge in [0, 0.05) is 24.1 Å². The molecule has 1 saturated heterocycles. The van der Waals surface area contributed by atoms with Crippen molar-refractivity contribution in [3.63, 3.8) is 0 Å². The number of aliphatic hydroxyl groups is 2. The van der Waals surface area contributed by atoms with Gasteiger partial charge in [0.2, 0.25) is 0 Å². The van der Waals surface area contributed by atoms with Crippen molar-refractivity contribution >= 4 is 11.6 Å². The van der Waals surface area contributed by atoms with E-state index in [4.69, 9.17) is 5.73 Å². The Bertz CT molecular complexity index is 474. The molecule has 4 N–H and O–H groups in total. The lowest BCUT2D eigenvalue weighted by Gasteiger charge is -2.24. The van der Waals surface area contributed by atoms with Crippen molar-refractivity contribution in [2.75, 3.05) is 23.7 Å². The van der Waals surface area contributed by atoms with Gasteiger partial charge in [-0.05, 0) is 6.92 Å². The van der Waals surface area contributed by atoms with E-state index in [0.29, 0.717) is 30.5 Å². The van der Waals surface area contributed by atoms with E-state index in [9.17, 15) is 10.2 Å². The molecular weight excluding hydrogens is 244 g/mol. The second kappa shape index (κ2) is 4.61. The molecule has 0 radical (unpaired) electrons. The average Bonchev–Trinajstić information content (AvgIpc) is 2.61. The summed E-state index contributed by atoms with van der Waals surface area (Å²) >= 11 is 0. The Kier molecular flexibility index (Phi) is 3.40. The second-order valence-corrected chi connectivity index (χ2v) is 6.17. The third-order valence-electron chi connectivity index (χ3n) is 3.39. The van der Waals surface area contributed by atoms with Crippen LogP contribution in [0, 0.1) is 6.92 Å². The molecule has 0 saturated carbocycles. The summed E-state index contributed by atoms with van der Waals surface area (Å²) in [6.07, 6.45) is -1.48. The molecule has 0 spiro atoms. The highest BCUT2D eigenvalue weighted by Crippen LogP contribution is 2.29. The third-order valence-corrected chi connectivity index (χ3v) is 3.39. The zero-order valence-electron chi connectivity index (χ0n) is 11.9. The number of nitrogen functional groups attached to an aromatic ring is 1. The van der Waals surface area contributed by atoms with Gasteiger partial charge in [-0.3, -0.25) is 0 Å². The quantitative estimate of drug-likeness (QED) is 0.672. The summed E-state index contributed by atoms with van der Waals surface area (Å²) in [5.74, 6) is 1.82. The number of anilines is 2. The number of hydrogen-bond acceptors (Lipinski definition) is 6. The van der Waals surface area contributed by atoms with Gasteiger partial charge in [0.1, 0.15) is 17.5 Å². The Morgan fingerprint density at radius 1 is 1.16 bits per heavy atom. The monoisotopic (exact) mass is 266 g/mol. The predicted molar refractivity (Wildman–Crippen MR) is 74.1 cm³/mol. The van der Waals surface area contributed by atoms with Gasteiger partial charge in [0.15, 0.2) is 0 Å². The Hall–Kier alpha value is -1.40. The van der Waals surface area contributed by atoms with Crippen LogP contribution < -0.4 is 10.6 Å². The number of aromatic nitrogens is 2. The Balaban J connectivity index is 2.43. The molecule has 6 nitrogen and oxygen atoms in total. The summed E-state index contributed by atoms with van der Waals surface area (Å²) in [5.41, 5.74) is 6.54. The van der Waals surface area contributed by atoms with Gasteiger partial charge in [-0.1, -0.05) is 20.8 Å². The molecule has 6 heteroatoms. The van der Waals surface area contributed by atoms with E-state index >= 15 is 0 Å². The van der Waals surface area contributed by atoms with Crippen LogP contribution in [0.5, 0.6) is 0 Å². The van der Waals surface area contributed by atoms with Gasteiger partial charge in [0.25, 0.3) is 0 Å². The topological polar surface area (TPSA) is 95.5 Å². The van der Waals surface area contributed by atoms with Crippen LogP contribution in [0.15, 0.2) is 0 Å². The smallest absolute Gasteiger partial charge is 0.138 e. The largest absolute Gasteiger partial charge is 0.389 e. The van der Waals surface area contributed by atoms with Gasteiger partial charge in [0.05, 0.1) is 12.2 Å². The van der Waals surface area contributed by atoms with Crippen LogP contribution in [0.3, 0.4) is 0 Å². The van der Waals surface area contributed by atoms with E-state index < -0.39 is 12.2 Å². The summed E-state index contributed by atoms with van der Waals surface area (Å²) < 4.78 is 0. The maximum atomic E-state index is 9.65. The summed E-state index contributed by atoms with van der Waals surface area (Å²) in [6, 6.07) is 0. The minimum Gasteiger partial charge on any atom is -0.389 e. The maximum Gasteiger partial charge on any atom is 0.138 e. The third kappa shape index (κ3) is 2.64. The van der Waals surface area contributed by atoms with Gasteiger partial charge in [-0.25, -0.2) is 9.97 Å². The van der Waals surface area contributed by atoms with Crippen molar-refractivity contribution in [1.82, 2.24) is 9.97 Å². The van der Waals surface area contributed by atoms with Crippen molar-refractivity contribution in [2.45, 2.75) is 45.3 Å². The van der Waals surface area contributed by atoms with Crippen LogP contribution in [0.25, 0.3) is 0 Å². The molecule has 1 aliphatic rings. The molecule has 1 aromatic heterocycles. The fraction of sp³-hybridized carbons (Fsp3) is 0.692. The van der Waals surface area contributed by atoms with E-state index in [-0.39, 0.29) is 5.41 Å². The van der Waals surface area contributed by atoms with Crippen LogP contribution in [0.4, 0.5) is 11.6 Å².